The highest BCUT2D eigenvalue weighted by molar-refractivity contribution is 6.09. The Hall–Kier alpha value is -2.65. The highest BCUT2D eigenvalue weighted by atomic mass is 16.6. The Bertz CT molecular complexity index is 686. The molecule has 3 atom stereocenters. The quantitative estimate of drug-likeness (QED) is 0.344. The maximum Gasteiger partial charge on any atom is 0.326 e. The Balaban J connectivity index is 2.71. The predicted octanol–water partition coefficient (Wildman–Crippen LogP) is 0.422. The van der Waals surface area contributed by atoms with Gasteiger partial charge >= 0.3 is 23.9 Å². The van der Waals surface area contributed by atoms with Gasteiger partial charge in [-0.25, -0.2) is 4.79 Å². The molecule has 0 bridgehead atoms. The molecule has 0 radical (unpaired) electrons. The lowest BCUT2D eigenvalue weighted by atomic mass is 9.51. The lowest BCUT2D eigenvalue weighted by Gasteiger charge is -2.52. The van der Waals surface area contributed by atoms with Gasteiger partial charge in [-0.2, -0.15) is 0 Å². The van der Waals surface area contributed by atoms with E-state index in [4.69, 9.17) is 14.2 Å². The number of ether oxygens (including phenoxy) is 3. The first-order chi connectivity index (χ1) is 13.7. The molecule has 1 amide bonds. The summed E-state index contributed by atoms with van der Waals surface area (Å²) in [6.45, 7) is 4.60. The molecule has 10 nitrogen and oxygen atoms in total. The van der Waals surface area contributed by atoms with Crippen LogP contribution in [0.4, 0.5) is 0 Å². The lowest BCUT2D eigenvalue weighted by molar-refractivity contribution is -0.199. The molecule has 2 rings (SSSR count). The van der Waals surface area contributed by atoms with Gasteiger partial charge in [0.1, 0.15) is 6.04 Å². The SMILES string of the molecule is CCOC(=O)C1(C(=O)OCC)CCC[C@]2(C(=O)OCC)C(=O)N[C@@H](C(=O)O)C[C@H]12. The topological polar surface area (TPSA) is 145 Å². The number of amides is 1. The zero-order valence-electron chi connectivity index (χ0n) is 16.8. The van der Waals surface area contributed by atoms with E-state index >= 15 is 0 Å². The van der Waals surface area contributed by atoms with Gasteiger partial charge in [0.2, 0.25) is 5.91 Å². The zero-order valence-corrected chi connectivity index (χ0v) is 16.8. The number of carboxylic acids is 1. The number of hydrogen-bond donors (Lipinski definition) is 2. The van der Waals surface area contributed by atoms with Crippen molar-refractivity contribution in [3.05, 3.63) is 0 Å². The molecular weight excluding hydrogens is 386 g/mol. The first-order valence-electron chi connectivity index (χ1n) is 9.77. The summed E-state index contributed by atoms with van der Waals surface area (Å²) in [5.41, 5.74) is -3.85. The molecule has 2 fully saturated rings. The molecule has 0 aromatic carbocycles. The van der Waals surface area contributed by atoms with Gasteiger partial charge in [0.05, 0.1) is 19.8 Å². The smallest absolute Gasteiger partial charge is 0.326 e. The molecule has 1 heterocycles. The van der Waals surface area contributed by atoms with Crippen LogP contribution in [0.5, 0.6) is 0 Å². The normalized spacial score (nSPS) is 27.8. The fourth-order valence-corrected chi connectivity index (χ4v) is 4.52. The first kappa shape index (κ1) is 22.6. The summed E-state index contributed by atoms with van der Waals surface area (Å²) < 4.78 is 15.4. The molecule has 29 heavy (non-hydrogen) atoms. The molecule has 2 N–H and O–H groups in total. The average Bonchev–Trinajstić information content (AvgIpc) is 2.67. The van der Waals surface area contributed by atoms with Crippen LogP contribution in [-0.4, -0.2) is 60.8 Å². The van der Waals surface area contributed by atoms with Gasteiger partial charge in [0, 0.05) is 5.92 Å². The molecule has 0 aromatic heterocycles. The summed E-state index contributed by atoms with van der Waals surface area (Å²) in [7, 11) is 0. The third kappa shape index (κ3) is 3.56. The highest BCUT2D eigenvalue weighted by Gasteiger charge is 2.71. The van der Waals surface area contributed by atoms with Crippen LogP contribution >= 0.6 is 0 Å². The van der Waals surface area contributed by atoms with E-state index in [1.807, 2.05) is 0 Å². The van der Waals surface area contributed by atoms with Gasteiger partial charge < -0.3 is 24.6 Å². The van der Waals surface area contributed by atoms with Gasteiger partial charge in [-0.15, -0.1) is 0 Å². The van der Waals surface area contributed by atoms with E-state index in [0.717, 1.165) is 0 Å². The monoisotopic (exact) mass is 413 g/mol. The lowest BCUT2D eigenvalue weighted by Crippen LogP contribution is -2.69. The van der Waals surface area contributed by atoms with Crippen LogP contribution in [0.2, 0.25) is 0 Å². The number of carbonyl (C=O) groups is 5. The minimum Gasteiger partial charge on any atom is -0.480 e. The van der Waals surface area contributed by atoms with E-state index < -0.39 is 52.6 Å². The second-order valence-corrected chi connectivity index (χ2v) is 7.11. The van der Waals surface area contributed by atoms with Gasteiger partial charge in [0.25, 0.3) is 0 Å². The molecular formula is C19H27NO9. The molecule has 0 unspecified atom stereocenters. The number of rotatable bonds is 7. The summed E-state index contributed by atoms with van der Waals surface area (Å²) in [4.78, 5) is 63.7. The van der Waals surface area contributed by atoms with Crippen molar-refractivity contribution in [3.63, 3.8) is 0 Å². The third-order valence-corrected chi connectivity index (χ3v) is 5.73. The van der Waals surface area contributed by atoms with E-state index in [0.29, 0.717) is 0 Å². The van der Waals surface area contributed by atoms with Gasteiger partial charge in [0.15, 0.2) is 10.8 Å². The zero-order chi connectivity index (χ0) is 21.8. The Morgan fingerprint density at radius 1 is 0.966 bits per heavy atom. The van der Waals surface area contributed by atoms with Crippen LogP contribution in [0.1, 0.15) is 46.5 Å². The van der Waals surface area contributed by atoms with Gasteiger partial charge in [-0.05, 0) is 40.0 Å². The molecule has 162 valence electrons. The summed E-state index contributed by atoms with van der Waals surface area (Å²) in [6, 6.07) is -1.36. The van der Waals surface area contributed by atoms with Crippen LogP contribution in [0.3, 0.4) is 0 Å². The Kier molecular flexibility index (Phi) is 6.86. The fraction of sp³-hybridized carbons (Fsp3) is 0.737. The van der Waals surface area contributed by atoms with Crippen molar-refractivity contribution >= 4 is 29.8 Å². The third-order valence-electron chi connectivity index (χ3n) is 5.73. The van der Waals surface area contributed by atoms with Crippen LogP contribution in [0.25, 0.3) is 0 Å². The molecule has 0 aromatic rings. The summed E-state index contributed by atoms with van der Waals surface area (Å²) >= 11 is 0. The minimum atomic E-state index is -1.97. The van der Waals surface area contributed by atoms with Crippen molar-refractivity contribution in [2.24, 2.45) is 16.7 Å². The Morgan fingerprint density at radius 3 is 1.97 bits per heavy atom. The second-order valence-electron chi connectivity index (χ2n) is 7.11. The number of nitrogens with one attached hydrogen (secondary N) is 1. The van der Waals surface area contributed by atoms with E-state index in [1.165, 1.54) is 0 Å². The highest BCUT2D eigenvalue weighted by Crippen LogP contribution is 2.57. The van der Waals surface area contributed by atoms with E-state index in [-0.39, 0.29) is 45.5 Å². The molecule has 1 saturated carbocycles. The maximum atomic E-state index is 13.1. The number of esters is 3. The van der Waals surface area contributed by atoms with E-state index in [2.05, 4.69) is 5.32 Å². The van der Waals surface area contributed by atoms with Crippen LogP contribution in [-0.2, 0) is 38.2 Å². The number of aliphatic carboxylic acids is 1. The maximum absolute atomic E-state index is 13.1. The molecule has 1 saturated heterocycles. The van der Waals surface area contributed by atoms with Gasteiger partial charge in [-0.3, -0.25) is 19.2 Å². The van der Waals surface area contributed by atoms with E-state index in [9.17, 15) is 29.1 Å². The van der Waals surface area contributed by atoms with Crippen molar-refractivity contribution in [2.75, 3.05) is 19.8 Å². The fourth-order valence-electron chi connectivity index (χ4n) is 4.52. The molecule has 2 aliphatic rings. The Morgan fingerprint density at radius 2 is 1.48 bits per heavy atom. The number of hydrogen-bond acceptors (Lipinski definition) is 8. The molecule has 10 heteroatoms. The van der Waals surface area contributed by atoms with Crippen molar-refractivity contribution < 1.29 is 43.3 Å². The van der Waals surface area contributed by atoms with Crippen LogP contribution in [0, 0.1) is 16.7 Å². The Labute approximate surface area is 168 Å². The first-order valence-corrected chi connectivity index (χ1v) is 9.77. The van der Waals surface area contributed by atoms with E-state index in [1.54, 1.807) is 20.8 Å². The number of carbonyl (C=O) groups excluding carboxylic acids is 4. The number of piperidine rings is 1. The molecule has 0 spiro atoms. The van der Waals surface area contributed by atoms with Gasteiger partial charge in [-0.1, -0.05) is 6.42 Å². The number of carboxylic acid groups (broad SMARTS) is 1. The number of fused-ring (bicyclic) bond motifs is 1. The average molecular weight is 413 g/mol. The largest absolute Gasteiger partial charge is 0.480 e. The van der Waals surface area contributed by atoms with Crippen LogP contribution < -0.4 is 5.32 Å². The standard InChI is InChI=1S/C19H27NO9/c1-4-27-15(24)18-8-7-9-19(16(25)28-5-2,17(26)29-6-3)12(18)10-11(13(21)22)20-14(18)23/h11-12H,4-10H2,1-3H3,(H,20,23)(H,21,22)/t11-,12+,18-/m1/s1. The summed E-state index contributed by atoms with van der Waals surface area (Å²) in [5.74, 6) is -6.19. The van der Waals surface area contributed by atoms with Crippen molar-refractivity contribution in [1.29, 1.82) is 0 Å². The summed E-state index contributed by atoms with van der Waals surface area (Å²) in [5, 5.41) is 11.8. The van der Waals surface area contributed by atoms with Crippen molar-refractivity contribution in [2.45, 2.75) is 52.5 Å². The molecule has 1 aliphatic heterocycles. The van der Waals surface area contributed by atoms with Crippen LogP contribution in [0.15, 0.2) is 0 Å². The molecule has 1 aliphatic carbocycles. The summed E-state index contributed by atoms with van der Waals surface area (Å²) in [6.07, 6.45) is -0.124. The van der Waals surface area contributed by atoms with Crippen molar-refractivity contribution in [3.8, 4) is 0 Å². The second kappa shape index (κ2) is 8.79. The van der Waals surface area contributed by atoms with Crippen molar-refractivity contribution in [1.82, 2.24) is 5.32 Å². The predicted molar refractivity (Wildman–Crippen MR) is 96.3 cm³/mol. The minimum absolute atomic E-state index is 0.0178.